The lowest BCUT2D eigenvalue weighted by Gasteiger charge is -2.29. The number of aromatic nitrogens is 2. The average Bonchev–Trinajstić information content (AvgIpc) is 3.06. The van der Waals surface area contributed by atoms with Crippen molar-refractivity contribution in [1.29, 1.82) is 0 Å². The highest BCUT2D eigenvalue weighted by atomic mass is 16.3. The summed E-state index contributed by atoms with van der Waals surface area (Å²) in [5.41, 5.74) is 0. The molecule has 1 aromatic rings. The van der Waals surface area contributed by atoms with Gasteiger partial charge in [-0.1, -0.05) is 0 Å². The molecule has 0 unspecified atom stereocenters. The van der Waals surface area contributed by atoms with E-state index in [0.717, 1.165) is 12.2 Å². The van der Waals surface area contributed by atoms with Gasteiger partial charge in [-0.3, -0.25) is 9.59 Å². The lowest BCUT2D eigenvalue weighted by atomic mass is 10.2. The molecule has 21 heavy (non-hydrogen) atoms. The van der Waals surface area contributed by atoms with Crippen molar-refractivity contribution >= 4 is 11.8 Å². The predicted octanol–water partition coefficient (Wildman–Crippen LogP) is -0.248. The van der Waals surface area contributed by atoms with Crippen molar-refractivity contribution in [3.63, 3.8) is 0 Å². The molecule has 0 saturated carbocycles. The number of hydrogen-bond donors (Lipinski definition) is 1. The summed E-state index contributed by atoms with van der Waals surface area (Å²) in [6, 6.07) is -0.494. The molecule has 2 rings (SSSR count). The lowest BCUT2D eigenvalue weighted by Crippen LogP contribution is -2.48. The summed E-state index contributed by atoms with van der Waals surface area (Å²) in [4.78, 5) is 31.7. The Morgan fingerprint density at radius 1 is 1.57 bits per heavy atom. The lowest BCUT2D eigenvalue weighted by molar-refractivity contribution is -0.143. The molecule has 1 saturated heterocycles. The molecule has 7 heteroatoms. The Balaban J connectivity index is 2.08. The molecule has 1 aliphatic heterocycles. The minimum absolute atomic E-state index is 0.0248. The highest BCUT2D eigenvalue weighted by Gasteiger charge is 2.32. The fourth-order valence-electron chi connectivity index (χ4n) is 2.58. The normalized spacial score (nSPS) is 16.3. The largest absolute Gasteiger partial charge is 0.395 e. The van der Waals surface area contributed by atoms with Gasteiger partial charge in [0.15, 0.2) is 0 Å². The molecule has 0 aromatic carbocycles. The molecule has 1 aromatic heterocycles. The number of rotatable bonds is 6. The number of carbonyl (C=O) groups is 2. The van der Waals surface area contributed by atoms with Gasteiger partial charge in [0.1, 0.15) is 11.9 Å². The quantitative estimate of drug-likeness (QED) is 0.785. The van der Waals surface area contributed by atoms with Crippen molar-refractivity contribution < 1.29 is 14.7 Å². The molecule has 116 valence electrons. The van der Waals surface area contributed by atoms with E-state index in [0.29, 0.717) is 19.5 Å². The molecule has 0 spiro atoms. The maximum absolute atomic E-state index is 12.6. The van der Waals surface area contributed by atoms with Gasteiger partial charge in [0, 0.05) is 39.0 Å². The van der Waals surface area contributed by atoms with Crippen LogP contribution in [0.5, 0.6) is 0 Å². The van der Waals surface area contributed by atoms with Crippen LogP contribution in [0, 0.1) is 0 Å². The zero-order valence-electron chi connectivity index (χ0n) is 12.5. The van der Waals surface area contributed by atoms with Crippen LogP contribution < -0.4 is 0 Å². The highest BCUT2D eigenvalue weighted by Crippen LogP contribution is 2.16. The summed E-state index contributed by atoms with van der Waals surface area (Å²) < 4.78 is 1.84. The summed E-state index contributed by atoms with van der Waals surface area (Å²) in [7, 11) is 1.86. The van der Waals surface area contributed by atoms with Gasteiger partial charge in [-0.2, -0.15) is 0 Å². The van der Waals surface area contributed by atoms with Crippen molar-refractivity contribution in [3.8, 4) is 0 Å². The number of carbonyl (C=O) groups excluding carboxylic acids is 2. The topological polar surface area (TPSA) is 78.7 Å². The molecule has 1 aliphatic rings. The number of imidazole rings is 1. The number of aryl methyl sites for hydroxylation is 1. The molecule has 0 bridgehead atoms. The molecule has 0 aliphatic carbocycles. The van der Waals surface area contributed by atoms with Crippen molar-refractivity contribution in [2.24, 2.45) is 7.05 Å². The SMILES string of the molecule is C[C@H](C(=O)N(CCO)Cc1nccn1C)N1CCCC1=O. The minimum Gasteiger partial charge on any atom is -0.395 e. The molecule has 0 radical (unpaired) electrons. The summed E-state index contributed by atoms with van der Waals surface area (Å²) >= 11 is 0. The van der Waals surface area contributed by atoms with Crippen LogP contribution in [-0.4, -0.2) is 62.0 Å². The van der Waals surface area contributed by atoms with Crippen molar-refractivity contribution in [1.82, 2.24) is 19.4 Å². The van der Waals surface area contributed by atoms with E-state index in [4.69, 9.17) is 0 Å². The first-order chi connectivity index (χ1) is 10.0. The van der Waals surface area contributed by atoms with E-state index in [1.165, 1.54) is 0 Å². The van der Waals surface area contributed by atoms with Crippen LogP contribution in [0.1, 0.15) is 25.6 Å². The van der Waals surface area contributed by atoms with Gasteiger partial charge >= 0.3 is 0 Å². The number of aliphatic hydroxyl groups is 1. The van der Waals surface area contributed by atoms with Crippen molar-refractivity contribution in [2.75, 3.05) is 19.7 Å². The fraction of sp³-hybridized carbons (Fsp3) is 0.643. The summed E-state index contributed by atoms with van der Waals surface area (Å²) in [5, 5.41) is 9.18. The third-order valence-corrected chi connectivity index (χ3v) is 3.87. The first kappa shape index (κ1) is 15.5. The van der Waals surface area contributed by atoms with Gasteiger partial charge in [0.05, 0.1) is 13.2 Å². The highest BCUT2D eigenvalue weighted by molar-refractivity contribution is 5.88. The Kier molecular flexibility index (Phi) is 4.95. The van der Waals surface area contributed by atoms with Gasteiger partial charge in [0.25, 0.3) is 0 Å². The second-order valence-electron chi connectivity index (χ2n) is 5.30. The van der Waals surface area contributed by atoms with Crippen LogP contribution in [0.25, 0.3) is 0 Å². The monoisotopic (exact) mass is 294 g/mol. The second kappa shape index (κ2) is 6.71. The average molecular weight is 294 g/mol. The van der Waals surface area contributed by atoms with E-state index in [1.807, 2.05) is 17.8 Å². The summed E-state index contributed by atoms with van der Waals surface area (Å²) in [6.45, 7) is 2.82. The van der Waals surface area contributed by atoms with Gasteiger partial charge in [-0.05, 0) is 13.3 Å². The van der Waals surface area contributed by atoms with Crippen molar-refractivity contribution in [3.05, 3.63) is 18.2 Å². The smallest absolute Gasteiger partial charge is 0.245 e. The van der Waals surface area contributed by atoms with E-state index in [2.05, 4.69) is 4.98 Å². The van der Waals surface area contributed by atoms with Crippen LogP contribution >= 0.6 is 0 Å². The number of amides is 2. The van der Waals surface area contributed by atoms with E-state index in [9.17, 15) is 14.7 Å². The zero-order valence-corrected chi connectivity index (χ0v) is 12.5. The standard InChI is InChI=1S/C14H22N4O3/c1-11(18-6-3-4-13(18)20)14(21)17(8-9-19)10-12-15-5-7-16(12)2/h5,7,11,19H,3-4,6,8-10H2,1-2H3/t11-/m1/s1. The van der Waals surface area contributed by atoms with E-state index < -0.39 is 6.04 Å². The first-order valence-corrected chi connectivity index (χ1v) is 7.20. The molecular formula is C14H22N4O3. The van der Waals surface area contributed by atoms with Gasteiger partial charge in [-0.15, -0.1) is 0 Å². The maximum atomic E-state index is 12.6. The minimum atomic E-state index is -0.494. The Bertz CT molecular complexity index is 514. The maximum Gasteiger partial charge on any atom is 0.245 e. The summed E-state index contributed by atoms with van der Waals surface area (Å²) in [5.74, 6) is 0.621. The number of likely N-dealkylation sites (tertiary alicyclic amines) is 1. The number of hydrogen-bond acceptors (Lipinski definition) is 4. The zero-order chi connectivity index (χ0) is 15.4. The molecule has 7 nitrogen and oxygen atoms in total. The molecule has 1 atom stereocenters. The predicted molar refractivity (Wildman–Crippen MR) is 76.1 cm³/mol. The van der Waals surface area contributed by atoms with Crippen LogP contribution in [0.4, 0.5) is 0 Å². The summed E-state index contributed by atoms with van der Waals surface area (Å²) in [6.07, 6.45) is 4.79. The van der Waals surface area contributed by atoms with E-state index in [1.54, 1.807) is 22.9 Å². The third-order valence-electron chi connectivity index (χ3n) is 3.87. The van der Waals surface area contributed by atoms with Gasteiger partial charge in [-0.25, -0.2) is 4.98 Å². The molecular weight excluding hydrogens is 272 g/mol. The number of nitrogens with zero attached hydrogens (tertiary/aromatic N) is 4. The van der Waals surface area contributed by atoms with E-state index >= 15 is 0 Å². The van der Waals surface area contributed by atoms with Crippen LogP contribution in [0.2, 0.25) is 0 Å². The first-order valence-electron chi connectivity index (χ1n) is 7.20. The van der Waals surface area contributed by atoms with Crippen LogP contribution in [0.3, 0.4) is 0 Å². The molecule has 1 fully saturated rings. The van der Waals surface area contributed by atoms with E-state index in [-0.39, 0.29) is 25.0 Å². The van der Waals surface area contributed by atoms with Crippen LogP contribution in [0.15, 0.2) is 12.4 Å². The Morgan fingerprint density at radius 3 is 2.86 bits per heavy atom. The third kappa shape index (κ3) is 3.41. The Hall–Kier alpha value is -1.89. The molecule has 2 heterocycles. The second-order valence-corrected chi connectivity index (χ2v) is 5.30. The Morgan fingerprint density at radius 2 is 2.33 bits per heavy atom. The van der Waals surface area contributed by atoms with Gasteiger partial charge < -0.3 is 19.5 Å². The number of aliphatic hydroxyl groups excluding tert-OH is 1. The molecule has 2 amide bonds. The Labute approximate surface area is 124 Å². The molecule has 1 N–H and O–H groups in total. The van der Waals surface area contributed by atoms with Crippen molar-refractivity contribution in [2.45, 2.75) is 32.4 Å². The fourth-order valence-corrected chi connectivity index (χ4v) is 2.58. The van der Waals surface area contributed by atoms with Crippen LogP contribution in [-0.2, 0) is 23.2 Å². The van der Waals surface area contributed by atoms with Gasteiger partial charge in [0.2, 0.25) is 11.8 Å².